The van der Waals surface area contributed by atoms with Crippen molar-refractivity contribution in [3.05, 3.63) is 59.2 Å². The third-order valence-electron chi connectivity index (χ3n) is 4.77. The van der Waals surface area contributed by atoms with Crippen molar-refractivity contribution < 1.29 is 9.59 Å². The Hall–Kier alpha value is -2.76. The van der Waals surface area contributed by atoms with Gasteiger partial charge in [-0.1, -0.05) is 36.2 Å². The van der Waals surface area contributed by atoms with Crippen LogP contribution in [-0.4, -0.2) is 27.8 Å². The Morgan fingerprint density at radius 2 is 1.85 bits per heavy atom. The van der Waals surface area contributed by atoms with Gasteiger partial charge in [-0.25, -0.2) is 4.98 Å². The van der Waals surface area contributed by atoms with E-state index in [-0.39, 0.29) is 29.5 Å². The number of aromatic nitrogens is 2. The van der Waals surface area contributed by atoms with E-state index in [0.717, 1.165) is 30.5 Å². The minimum Gasteiger partial charge on any atom is -0.352 e. The average Bonchev–Trinajstić information content (AvgIpc) is 3.09. The summed E-state index contributed by atoms with van der Waals surface area (Å²) in [6.45, 7) is 4.35. The molecule has 2 N–H and O–H groups in total. The zero-order valence-corrected chi connectivity index (χ0v) is 15.2. The maximum atomic E-state index is 12.6. The number of hydrogen-bond acceptors (Lipinski definition) is 4. The van der Waals surface area contributed by atoms with Crippen LogP contribution in [0.5, 0.6) is 0 Å². The van der Waals surface area contributed by atoms with E-state index in [9.17, 15) is 9.59 Å². The van der Waals surface area contributed by atoms with E-state index < -0.39 is 0 Å². The molecule has 2 atom stereocenters. The number of carbonyl (C=O) groups excluding carboxylic acids is 2. The van der Waals surface area contributed by atoms with Gasteiger partial charge in [0.2, 0.25) is 5.91 Å². The Bertz CT molecular complexity index is 771. The van der Waals surface area contributed by atoms with Crippen LogP contribution >= 0.6 is 0 Å². The van der Waals surface area contributed by atoms with E-state index >= 15 is 0 Å². The second kappa shape index (κ2) is 8.08. The minimum absolute atomic E-state index is 0.0108. The van der Waals surface area contributed by atoms with Gasteiger partial charge in [-0.05, 0) is 32.3 Å². The van der Waals surface area contributed by atoms with Crippen LogP contribution in [0.15, 0.2) is 36.7 Å². The molecule has 0 radical (unpaired) electrons. The van der Waals surface area contributed by atoms with Crippen LogP contribution in [0.3, 0.4) is 0 Å². The SMILES string of the molecule is Cc1ccc(CNC(=O)[C@H]2CCC[C@H]2NC(=O)c2cnc(C)cn2)cc1. The van der Waals surface area contributed by atoms with Gasteiger partial charge < -0.3 is 10.6 Å². The molecule has 0 saturated heterocycles. The van der Waals surface area contributed by atoms with Gasteiger partial charge >= 0.3 is 0 Å². The molecule has 1 saturated carbocycles. The molecule has 0 bridgehead atoms. The number of aryl methyl sites for hydroxylation is 2. The molecule has 26 heavy (non-hydrogen) atoms. The highest BCUT2D eigenvalue weighted by Gasteiger charge is 2.34. The number of carbonyl (C=O) groups is 2. The first-order valence-electron chi connectivity index (χ1n) is 8.95. The number of rotatable bonds is 5. The van der Waals surface area contributed by atoms with Gasteiger partial charge in [0.25, 0.3) is 5.91 Å². The molecule has 2 aromatic rings. The highest BCUT2D eigenvalue weighted by Crippen LogP contribution is 2.26. The Morgan fingerprint density at radius 3 is 2.54 bits per heavy atom. The summed E-state index contributed by atoms with van der Waals surface area (Å²) in [7, 11) is 0. The Balaban J connectivity index is 1.56. The summed E-state index contributed by atoms with van der Waals surface area (Å²) in [6, 6.07) is 7.92. The molecule has 6 nitrogen and oxygen atoms in total. The highest BCUT2D eigenvalue weighted by molar-refractivity contribution is 5.92. The Kier molecular flexibility index (Phi) is 5.61. The number of amides is 2. The molecular formula is C20H24N4O2. The summed E-state index contributed by atoms with van der Waals surface area (Å²) in [5.41, 5.74) is 3.30. The molecular weight excluding hydrogens is 328 g/mol. The van der Waals surface area contributed by atoms with Crippen molar-refractivity contribution in [2.75, 3.05) is 0 Å². The molecule has 0 aliphatic heterocycles. The van der Waals surface area contributed by atoms with E-state index in [1.54, 1.807) is 6.20 Å². The quantitative estimate of drug-likeness (QED) is 0.865. The predicted octanol–water partition coefficient (Wildman–Crippen LogP) is 2.31. The lowest BCUT2D eigenvalue weighted by Gasteiger charge is -2.20. The highest BCUT2D eigenvalue weighted by atomic mass is 16.2. The molecule has 1 heterocycles. The molecule has 6 heteroatoms. The van der Waals surface area contributed by atoms with E-state index in [2.05, 4.69) is 20.6 Å². The standard InChI is InChI=1S/C20H24N4O2/c1-13-6-8-15(9-7-13)11-23-19(25)16-4-3-5-17(16)24-20(26)18-12-21-14(2)10-22-18/h6-10,12,16-17H,3-5,11H2,1-2H3,(H,23,25)(H,24,26)/t16-,17+/m0/s1. The average molecular weight is 352 g/mol. The van der Waals surface area contributed by atoms with Gasteiger partial charge in [-0.15, -0.1) is 0 Å². The van der Waals surface area contributed by atoms with Gasteiger partial charge in [0.15, 0.2) is 0 Å². The van der Waals surface area contributed by atoms with E-state index in [1.165, 1.54) is 11.8 Å². The first-order chi connectivity index (χ1) is 12.5. The minimum atomic E-state index is -0.277. The lowest BCUT2D eigenvalue weighted by atomic mass is 10.0. The largest absolute Gasteiger partial charge is 0.352 e. The van der Waals surface area contributed by atoms with Gasteiger partial charge in [0.05, 0.1) is 17.8 Å². The summed E-state index contributed by atoms with van der Waals surface area (Å²) < 4.78 is 0. The van der Waals surface area contributed by atoms with Crippen LogP contribution < -0.4 is 10.6 Å². The summed E-state index contributed by atoms with van der Waals surface area (Å²) in [5.74, 6) is -0.494. The molecule has 1 aliphatic rings. The summed E-state index contributed by atoms with van der Waals surface area (Å²) >= 11 is 0. The zero-order chi connectivity index (χ0) is 18.5. The molecule has 0 spiro atoms. The lowest BCUT2D eigenvalue weighted by Crippen LogP contribution is -2.44. The second-order valence-electron chi connectivity index (χ2n) is 6.86. The summed E-state index contributed by atoms with van der Waals surface area (Å²) in [6.07, 6.45) is 5.53. The molecule has 3 rings (SSSR count). The van der Waals surface area contributed by atoms with Crippen molar-refractivity contribution >= 4 is 11.8 Å². The normalized spacial score (nSPS) is 19.2. The molecule has 1 aromatic heterocycles. The lowest BCUT2D eigenvalue weighted by molar-refractivity contribution is -0.125. The van der Waals surface area contributed by atoms with Crippen LogP contribution in [-0.2, 0) is 11.3 Å². The predicted molar refractivity (Wildman–Crippen MR) is 98.4 cm³/mol. The van der Waals surface area contributed by atoms with E-state index in [1.807, 2.05) is 38.1 Å². The third-order valence-corrected chi connectivity index (χ3v) is 4.77. The van der Waals surface area contributed by atoms with Crippen LogP contribution in [0.4, 0.5) is 0 Å². The first kappa shape index (κ1) is 18.0. The number of nitrogens with zero attached hydrogens (tertiary/aromatic N) is 2. The third kappa shape index (κ3) is 4.45. The molecule has 2 amide bonds. The van der Waals surface area contributed by atoms with Crippen molar-refractivity contribution in [3.8, 4) is 0 Å². The fourth-order valence-corrected chi connectivity index (χ4v) is 3.22. The van der Waals surface area contributed by atoms with Crippen LogP contribution in [0.1, 0.15) is 46.6 Å². The fourth-order valence-electron chi connectivity index (χ4n) is 3.22. The topological polar surface area (TPSA) is 84.0 Å². The number of benzene rings is 1. The maximum absolute atomic E-state index is 12.6. The van der Waals surface area contributed by atoms with Gasteiger partial charge in [-0.2, -0.15) is 0 Å². The van der Waals surface area contributed by atoms with Crippen molar-refractivity contribution in [3.63, 3.8) is 0 Å². The monoisotopic (exact) mass is 352 g/mol. The number of hydrogen-bond donors (Lipinski definition) is 2. The molecule has 0 unspecified atom stereocenters. The van der Waals surface area contributed by atoms with Crippen molar-refractivity contribution in [1.82, 2.24) is 20.6 Å². The summed E-state index contributed by atoms with van der Waals surface area (Å²) in [4.78, 5) is 33.1. The van der Waals surface area contributed by atoms with E-state index in [0.29, 0.717) is 6.54 Å². The van der Waals surface area contributed by atoms with Gasteiger partial charge in [-0.3, -0.25) is 14.6 Å². The Labute approximate surface area is 153 Å². The summed E-state index contributed by atoms with van der Waals surface area (Å²) in [5, 5.41) is 5.94. The molecule has 136 valence electrons. The molecule has 1 aliphatic carbocycles. The molecule has 1 fully saturated rings. The number of nitrogens with one attached hydrogen (secondary N) is 2. The Morgan fingerprint density at radius 1 is 1.08 bits per heavy atom. The van der Waals surface area contributed by atoms with Crippen LogP contribution in [0.25, 0.3) is 0 Å². The van der Waals surface area contributed by atoms with Crippen molar-refractivity contribution in [1.29, 1.82) is 0 Å². The van der Waals surface area contributed by atoms with Gasteiger partial charge in [0, 0.05) is 18.8 Å². The van der Waals surface area contributed by atoms with E-state index in [4.69, 9.17) is 0 Å². The zero-order valence-electron chi connectivity index (χ0n) is 15.2. The van der Waals surface area contributed by atoms with Crippen molar-refractivity contribution in [2.24, 2.45) is 5.92 Å². The first-order valence-corrected chi connectivity index (χ1v) is 8.95. The maximum Gasteiger partial charge on any atom is 0.271 e. The smallest absolute Gasteiger partial charge is 0.271 e. The van der Waals surface area contributed by atoms with Crippen LogP contribution in [0, 0.1) is 19.8 Å². The second-order valence-corrected chi connectivity index (χ2v) is 6.86. The van der Waals surface area contributed by atoms with Crippen LogP contribution in [0.2, 0.25) is 0 Å². The fraction of sp³-hybridized carbons (Fsp3) is 0.400. The van der Waals surface area contributed by atoms with Crippen molar-refractivity contribution in [2.45, 2.75) is 45.7 Å². The molecule has 1 aromatic carbocycles. The van der Waals surface area contributed by atoms with Gasteiger partial charge in [0.1, 0.15) is 5.69 Å².